The summed E-state index contributed by atoms with van der Waals surface area (Å²) in [4.78, 5) is 16.4. The standard InChI is InChI=1S/C22H17BrCl2N2O4S/c1-12(14-3-2-4-17(20(14)25)30-8-7-23)31-18-10-19(32-21(18)22(28)29)27-11-26-15-9-13(24)5-6-16(15)27/h2-6,9-12H,7-8H2,1H3,(H,28,29)/t12-/m1/s1. The molecule has 166 valence electrons. The summed E-state index contributed by atoms with van der Waals surface area (Å²) >= 11 is 17.0. The fourth-order valence-electron chi connectivity index (χ4n) is 3.23. The maximum Gasteiger partial charge on any atom is 0.349 e. The largest absolute Gasteiger partial charge is 0.491 e. The minimum Gasteiger partial charge on any atom is -0.491 e. The number of halogens is 3. The molecule has 0 aliphatic rings. The van der Waals surface area contributed by atoms with E-state index in [0.29, 0.717) is 43.8 Å². The normalized spacial score (nSPS) is 12.1. The minimum atomic E-state index is -1.07. The summed E-state index contributed by atoms with van der Waals surface area (Å²) in [5.74, 6) is -0.271. The molecule has 4 aromatic rings. The highest BCUT2D eigenvalue weighted by Crippen LogP contribution is 2.39. The molecule has 2 aromatic heterocycles. The van der Waals surface area contributed by atoms with Crippen LogP contribution in [0.5, 0.6) is 11.5 Å². The zero-order chi connectivity index (χ0) is 22.8. The van der Waals surface area contributed by atoms with Gasteiger partial charge in [-0.3, -0.25) is 4.57 Å². The molecular weight excluding hydrogens is 539 g/mol. The number of aromatic nitrogens is 2. The van der Waals surface area contributed by atoms with Crippen molar-refractivity contribution in [3.8, 4) is 16.5 Å². The first-order chi connectivity index (χ1) is 15.4. The van der Waals surface area contributed by atoms with Crippen molar-refractivity contribution in [1.29, 1.82) is 0 Å². The van der Waals surface area contributed by atoms with Gasteiger partial charge in [-0.25, -0.2) is 9.78 Å². The molecule has 0 unspecified atom stereocenters. The Labute approximate surface area is 206 Å². The van der Waals surface area contributed by atoms with Gasteiger partial charge in [-0.15, -0.1) is 11.3 Å². The number of fused-ring (bicyclic) bond motifs is 1. The highest BCUT2D eigenvalue weighted by Gasteiger charge is 2.23. The van der Waals surface area contributed by atoms with Gasteiger partial charge in [-0.1, -0.05) is 51.3 Å². The van der Waals surface area contributed by atoms with Crippen molar-refractivity contribution in [3.05, 3.63) is 69.3 Å². The van der Waals surface area contributed by atoms with E-state index in [0.717, 1.165) is 16.9 Å². The highest BCUT2D eigenvalue weighted by atomic mass is 79.9. The van der Waals surface area contributed by atoms with Gasteiger partial charge in [0.25, 0.3) is 0 Å². The van der Waals surface area contributed by atoms with Crippen molar-refractivity contribution in [2.24, 2.45) is 0 Å². The monoisotopic (exact) mass is 554 g/mol. The van der Waals surface area contributed by atoms with Crippen molar-refractivity contribution >= 4 is 67.5 Å². The second-order valence-corrected chi connectivity index (χ2v) is 9.43. The van der Waals surface area contributed by atoms with Gasteiger partial charge in [-0.2, -0.15) is 0 Å². The number of hydrogen-bond donors (Lipinski definition) is 1. The van der Waals surface area contributed by atoms with Crippen molar-refractivity contribution in [1.82, 2.24) is 9.55 Å². The molecule has 0 amide bonds. The molecule has 0 aliphatic heterocycles. The number of aromatic carboxylic acids is 1. The average molecular weight is 556 g/mol. The maximum absolute atomic E-state index is 11.9. The third-order valence-electron chi connectivity index (χ3n) is 4.70. The molecule has 4 rings (SSSR count). The van der Waals surface area contributed by atoms with Gasteiger partial charge < -0.3 is 14.6 Å². The predicted octanol–water partition coefficient (Wildman–Crippen LogP) is 7.01. The van der Waals surface area contributed by atoms with Crippen molar-refractivity contribution in [2.45, 2.75) is 13.0 Å². The smallest absolute Gasteiger partial charge is 0.349 e. The van der Waals surface area contributed by atoms with Gasteiger partial charge in [0.05, 0.1) is 22.7 Å². The molecule has 2 heterocycles. The first-order valence-corrected chi connectivity index (χ1v) is 12.2. The van der Waals surface area contributed by atoms with Crippen LogP contribution in [0.2, 0.25) is 10.0 Å². The highest BCUT2D eigenvalue weighted by molar-refractivity contribution is 9.09. The van der Waals surface area contributed by atoms with Crippen molar-refractivity contribution in [3.63, 3.8) is 0 Å². The zero-order valence-corrected chi connectivity index (χ0v) is 20.6. The molecule has 0 aliphatic carbocycles. The molecule has 10 heteroatoms. The van der Waals surface area contributed by atoms with Crippen LogP contribution in [0, 0.1) is 0 Å². The van der Waals surface area contributed by atoms with Crippen LogP contribution in [0.3, 0.4) is 0 Å². The number of imidazole rings is 1. The van der Waals surface area contributed by atoms with E-state index in [9.17, 15) is 9.90 Å². The van der Waals surface area contributed by atoms with E-state index in [1.54, 1.807) is 30.6 Å². The number of alkyl halides is 1. The summed E-state index contributed by atoms with van der Waals surface area (Å²) in [7, 11) is 0. The molecule has 6 nitrogen and oxygen atoms in total. The van der Waals surface area contributed by atoms with Crippen LogP contribution in [0.1, 0.15) is 28.3 Å². The number of carboxylic acids is 1. The topological polar surface area (TPSA) is 73.6 Å². The van der Waals surface area contributed by atoms with Gasteiger partial charge in [-0.05, 0) is 31.2 Å². The number of carboxylic acid groups (broad SMARTS) is 1. The first-order valence-electron chi connectivity index (χ1n) is 9.53. The number of ether oxygens (including phenoxy) is 2. The van der Waals surface area contributed by atoms with E-state index in [4.69, 9.17) is 32.7 Å². The molecule has 0 fully saturated rings. The summed E-state index contributed by atoms with van der Waals surface area (Å²) in [6.07, 6.45) is 1.13. The van der Waals surface area contributed by atoms with Crippen molar-refractivity contribution < 1.29 is 19.4 Å². The van der Waals surface area contributed by atoms with E-state index in [1.807, 2.05) is 29.7 Å². The molecule has 0 bridgehead atoms. The quantitative estimate of drug-likeness (QED) is 0.237. The Morgan fingerprint density at radius 3 is 2.81 bits per heavy atom. The number of rotatable bonds is 8. The molecule has 2 aromatic carbocycles. The molecule has 0 saturated heterocycles. The van der Waals surface area contributed by atoms with E-state index >= 15 is 0 Å². The van der Waals surface area contributed by atoms with Crippen LogP contribution >= 0.6 is 50.5 Å². The van der Waals surface area contributed by atoms with E-state index in [2.05, 4.69) is 20.9 Å². The first kappa shape index (κ1) is 22.9. The maximum atomic E-state index is 11.9. The molecule has 1 atom stereocenters. The lowest BCUT2D eigenvalue weighted by molar-refractivity contribution is 0.0696. The summed E-state index contributed by atoms with van der Waals surface area (Å²) < 4.78 is 13.5. The average Bonchev–Trinajstić information content (AvgIpc) is 3.36. The summed E-state index contributed by atoms with van der Waals surface area (Å²) in [5.41, 5.74) is 2.23. The zero-order valence-electron chi connectivity index (χ0n) is 16.7. The van der Waals surface area contributed by atoms with Crippen LogP contribution in [0.15, 0.2) is 48.8 Å². The molecule has 0 saturated carbocycles. The van der Waals surface area contributed by atoms with E-state index in [1.165, 1.54) is 0 Å². The molecule has 32 heavy (non-hydrogen) atoms. The third-order valence-corrected chi connectivity index (χ3v) is 6.76. The number of benzene rings is 2. The second kappa shape index (κ2) is 9.70. The fourth-order valence-corrected chi connectivity index (χ4v) is 4.81. The Morgan fingerprint density at radius 1 is 1.25 bits per heavy atom. The van der Waals surface area contributed by atoms with Crippen molar-refractivity contribution in [2.75, 3.05) is 11.9 Å². The Kier molecular flexibility index (Phi) is 6.95. The Bertz CT molecular complexity index is 1290. The minimum absolute atomic E-state index is 0.0884. The Hall–Kier alpha value is -2.26. The van der Waals surface area contributed by atoms with Gasteiger partial charge in [0.2, 0.25) is 0 Å². The molecule has 0 radical (unpaired) electrons. The lowest BCUT2D eigenvalue weighted by Crippen LogP contribution is -2.07. The fraction of sp³-hybridized carbons (Fsp3) is 0.182. The van der Waals surface area contributed by atoms with E-state index in [-0.39, 0.29) is 10.6 Å². The predicted molar refractivity (Wildman–Crippen MR) is 131 cm³/mol. The SMILES string of the molecule is C[C@@H](Oc1cc(-n2cnc3cc(Cl)ccc32)sc1C(=O)O)c1cccc(OCCBr)c1Cl. The van der Waals surface area contributed by atoms with Crippen LogP contribution < -0.4 is 9.47 Å². The molecule has 0 spiro atoms. The van der Waals surface area contributed by atoms with Crippen LogP contribution in [-0.4, -0.2) is 32.6 Å². The summed E-state index contributed by atoms with van der Waals surface area (Å²) in [6, 6.07) is 12.5. The van der Waals surface area contributed by atoms with Gasteiger partial charge >= 0.3 is 5.97 Å². The Balaban J connectivity index is 1.67. The molecular formula is C22H17BrCl2N2O4S. The summed E-state index contributed by atoms with van der Waals surface area (Å²) in [6.45, 7) is 2.28. The lowest BCUT2D eigenvalue weighted by Gasteiger charge is -2.18. The van der Waals surface area contributed by atoms with Gasteiger partial charge in [0.15, 0.2) is 4.88 Å². The summed E-state index contributed by atoms with van der Waals surface area (Å²) in [5, 5.41) is 12.1. The van der Waals surface area contributed by atoms with Gasteiger partial charge in [0, 0.05) is 22.0 Å². The third kappa shape index (κ3) is 4.59. The number of thiophene rings is 1. The van der Waals surface area contributed by atoms with Gasteiger partial charge in [0.1, 0.15) is 28.9 Å². The Morgan fingerprint density at radius 2 is 2.06 bits per heavy atom. The number of carbonyl (C=O) groups is 1. The van der Waals surface area contributed by atoms with Crippen LogP contribution in [0.25, 0.3) is 16.0 Å². The van der Waals surface area contributed by atoms with Crippen LogP contribution in [0.4, 0.5) is 0 Å². The van der Waals surface area contributed by atoms with E-state index < -0.39 is 12.1 Å². The molecule has 1 N–H and O–H groups in total. The second-order valence-electron chi connectivity index (χ2n) is 6.79. The number of hydrogen-bond acceptors (Lipinski definition) is 5. The number of nitrogens with zero attached hydrogens (tertiary/aromatic N) is 2. The lowest BCUT2D eigenvalue weighted by atomic mass is 10.1. The van der Waals surface area contributed by atoms with Crippen LogP contribution in [-0.2, 0) is 0 Å².